The minimum absolute atomic E-state index is 0.0207. The lowest BCUT2D eigenvalue weighted by atomic mass is 9.80. The van der Waals surface area contributed by atoms with Gasteiger partial charge in [0, 0.05) is 10.8 Å². The minimum atomic E-state index is -0.0207. The molecule has 4 heteroatoms. The van der Waals surface area contributed by atoms with Gasteiger partial charge in [-0.15, -0.1) is 11.3 Å². The van der Waals surface area contributed by atoms with Gasteiger partial charge in [-0.3, -0.25) is 0 Å². The lowest BCUT2D eigenvalue weighted by Crippen LogP contribution is -2.32. The molecule has 3 aromatic rings. The van der Waals surface area contributed by atoms with Crippen LogP contribution in [0.15, 0.2) is 60.0 Å². The van der Waals surface area contributed by atoms with E-state index >= 15 is 0 Å². The van der Waals surface area contributed by atoms with E-state index < -0.39 is 0 Å². The first kappa shape index (κ1) is 18.7. The summed E-state index contributed by atoms with van der Waals surface area (Å²) in [6.45, 7) is 0.523. The summed E-state index contributed by atoms with van der Waals surface area (Å²) in [5.74, 6) is 2.09. The highest BCUT2D eigenvalue weighted by molar-refractivity contribution is 7.10. The number of benzene rings is 2. The van der Waals surface area contributed by atoms with Crippen LogP contribution in [0.3, 0.4) is 0 Å². The molecule has 5 rings (SSSR count). The summed E-state index contributed by atoms with van der Waals surface area (Å²) in [6.07, 6.45) is 5.31. The highest BCUT2D eigenvalue weighted by Crippen LogP contribution is 2.49. The monoisotopic (exact) mass is 406 g/mol. The predicted molar refractivity (Wildman–Crippen MR) is 116 cm³/mol. The van der Waals surface area contributed by atoms with Crippen LogP contribution in [0.25, 0.3) is 0 Å². The number of hydrogen-bond donors (Lipinski definition) is 0. The molecule has 1 aliphatic carbocycles. The van der Waals surface area contributed by atoms with Crippen molar-refractivity contribution in [1.29, 1.82) is 0 Å². The molecule has 150 valence electrons. The van der Waals surface area contributed by atoms with Gasteiger partial charge in [-0.2, -0.15) is 0 Å². The van der Waals surface area contributed by atoms with Gasteiger partial charge in [-0.05, 0) is 53.1 Å². The average Bonchev–Trinajstić information content (AvgIpc) is 3.28. The van der Waals surface area contributed by atoms with Crippen LogP contribution in [0.5, 0.6) is 11.5 Å². The fraction of sp³-hybridized carbons (Fsp3) is 0.360. The van der Waals surface area contributed by atoms with E-state index in [9.17, 15) is 0 Å². The van der Waals surface area contributed by atoms with E-state index in [-0.39, 0.29) is 6.10 Å². The maximum absolute atomic E-state index is 6.64. The summed E-state index contributed by atoms with van der Waals surface area (Å²) in [4.78, 5) is 1.52. The Labute approximate surface area is 176 Å². The van der Waals surface area contributed by atoms with Crippen molar-refractivity contribution in [1.82, 2.24) is 0 Å². The smallest absolute Gasteiger partial charge is 0.161 e. The highest BCUT2D eigenvalue weighted by Gasteiger charge is 2.38. The molecule has 0 unspecified atom stereocenters. The first-order valence-electron chi connectivity index (χ1n) is 10.4. The molecular formula is C25H26O3S. The SMILES string of the molecule is COc1cc([C@@H]2O[C@H]3CCCC[C@H]3c3sccc32)ccc1OCc1ccccc1. The molecule has 2 aromatic carbocycles. The van der Waals surface area contributed by atoms with Gasteiger partial charge in [0.05, 0.1) is 13.2 Å². The second kappa shape index (κ2) is 8.21. The zero-order chi connectivity index (χ0) is 19.6. The van der Waals surface area contributed by atoms with Crippen LogP contribution < -0.4 is 9.47 Å². The summed E-state index contributed by atoms with van der Waals surface area (Å²) in [6, 6.07) is 18.6. The van der Waals surface area contributed by atoms with Gasteiger partial charge < -0.3 is 14.2 Å². The summed E-state index contributed by atoms with van der Waals surface area (Å²) in [5.41, 5.74) is 3.61. The molecule has 29 heavy (non-hydrogen) atoms. The normalized spacial score (nSPS) is 23.1. The molecule has 1 fully saturated rings. The molecule has 0 saturated heterocycles. The van der Waals surface area contributed by atoms with Gasteiger partial charge in [0.15, 0.2) is 11.5 Å². The van der Waals surface area contributed by atoms with E-state index in [0.717, 1.165) is 29.0 Å². The number of hydrogen-bond acceptors (Lipinski definition) is 4. The number of thiophene rings is 1. The van der Waals surface area contributed by atoms with Gasteiger partial charge in [-0.1, -0.05) is 49.2 Å². The van der Waals surface area contributed by atoms with Crippen LogP contribution in [0.4, 0.5) is 0 Å². The van der Waals surface area contributed by atoms with Crippen molar-refractivity contribution >= 4 is 11.3 Å². The molecule has 3 nitrogen and oxygen atoms in total. The molecule has 1 saturated carbocycles. The minimum Gasteiger partial charge on any atom is -0.493 e. The first-order chi connectivity index (χ1) is 14.3. The number of methoxy groups -OCH3 is 1. The Balaban J connectivity index is 1.41. The Hall–Kier alpha value is -2.30. The van der Waals surface area contributed by atoms with Gasteiger partial charge in [0.2, 0.25) is 0 Å². The van der Waals surface area contributed by atoms with Crippen LogP contribution in [0.1, 0.15) is 59.3 Å². The van der Waals surface area contributed by atoms with Crippen LogP contribution >= 0.6 is 11.3 Å². The third-order valence-corrected chi connectivity index (χ3v) is 7.15. The molecule has 1 aliphatic heterocycles. The number of fused-ring (bicyclic) bond motifs is 3. The molecule has 3 atom stereocenters. The van der Waals surface area contributed by atoms with Gasteiger partial charge in [0.1, 0.15) is 12.7 Å². The quantitative estimate of drug-likeness (QED) is 0.485. The summed E-state index contributed by atoms with van der Waals surface area (Å²) in [5, 5.41) is 2.21. The second-order valence-corrected chi connectivity index (χ2v) is 8.82. The third kappa shape index (κ3) is 3.67. The van der Waals surface area contributed by atoms with E-state index in [1.165, 1.54) is 29.7 Å². The van der Waals surface area contributed by atoms with E-state index in [1.54, 1.807) is 7.11 Å². The summed E-state index contributed by atoms with van der Waals surface area (Å²) < 4.78 is 18.3. The van der Waals surface area contributed by atoms with Crippen LogP contribution in [0.2, 0.25) is 0 Å². The molecule has 0 N–H and O–H groups in total. The highest BCUT2D eigenvalue weighted by atomic mass is 32.1. The predicted octanol–water partition coefficient (Wildman–Crippen LogP) is 6.48. The average molecular weight is 407 g/mol. The Morgan fingerprint density at radius 2 is 1.86 bits per heavy atom. The fourth-order valence-electron chi connectivity index (χ4n) is 4.62. The van der Waals surface area contributed by atoms with Gasteiger partial charge >= 0.3 is 0 Å². The molecule has 1 aromatic heterocycles. The van der Waals surface area contributed by atoms with E-state index in [0.29, 0.717) is 18.6 Å². The van der Waals surface area contributed by atoms with Crippen LogP contribution in [0, 0.1) is 0 Å². The third-order valence-electron chi connectivity index (χ3n) is 6.09. The van der Waals surface area contributed by atoms with E-state index in [2.05, 4.69) is 35.7 Å². The van der Waals surface area contributed by atoms with Gasteiger partial charge in [-0.25, -0.2) is 0 Å². The first-order valence-corrected chi connectivity index (χ1v) is 11.3. The van der Waals surface area contributed by atoms with Crippen LogP contribution in [-0.4, -0.2) is 13.2 Å². The molecular weight excluding hydrogens is 380 g/mol. The van der Waals surface area contributed by atoms with Crippen molar-refractivity contribution in [3.63, 3.8) is 0 Å². The molecule has 0 amide bonds. The number of rotatable bonds is 5. The topological polar surface area (TPSA) is 27.7 Å². The van der Waals surface area contributed by atoms with Crippen LogP contribution in [-0.2, 0) is 11.3 Å². The Bertz CT molecular complexity index is 965. The number of ether oxygens (including phenoxy) is 3. The summed E-state index contributed by atoms with van der Waals surface area (Å²) >= 11 is 1.89. The largest absolute Gasteiger partial charge is 0.493 e. The van der Waals surface area contributed by atoms with Crippen molar-refractivity contribution in [3.05, 3.63) is 81.5 Å². The second-order valence-electron chi connectivity index (χ2n) is 7.87. The molecule has 0 bridgehead atoms. The molecule has 2 heterocycles. The maximum Gasteiger partial charge on any atom is 0.161 e. The summed E-state index contributed by atoms with van der Waals surface area (Å²) in [7, 11) is 1.70. The standard InChI is InChI=1S/C25H26O3S/c1-26-23-15-18(11-12-22(23)27-16-17-7-3-2-4-8-17)24-20-13-14-29-25(20)19-9-5-6-10-21(19)28-24/h2-4,7-8,11-15,19,21,24H,5-6,9-10,16H2,1H3/t19-,21+,24+/m1/s1. The van der Waals surface area contributed by atoms with Crippen molar-refractivity contribution in [2.45, 2.75) is 50.4 Å². The van der Waals surface area contributed by atoms with Crippen molar-refractivity contribution in [2.24, 2.45) is 0 Å². The Morgan fingerprint density at radius 1 is 1.00 bits per heavy atom. The van der Waals surface area contributed by atoms with Crippen molar-refractivity contribution < 1.29 is 14.2 Å². The fourth-order valence-corrected chi connectivity index (χ4v) is 5.73. The van der Waals surface area contributed by atoms with E-state index in [4.69, 9.17) is 14.2 Å². The Morgan fingerprint density at radius 3 is 2.72 bits per heavy atom. The maximum atomic E-state index is 6.64. The van der Waals surface area contributed by atoms with Crippen molar-refractivity contribution in [2.75, 3.05) is 7.11 Å². The van der Waals surface area contributed by atoms with E-state index in [1.807, 2.05) is 35.6 Å². The van der Waals surface area contributed by atoms with Gasteiger partial charge in [0.25, 0.3) is 0 Å². The van der Waals surface area contributed by atoms with Crippen molar-refractivity contribution in [3.8, 4) is 11.5 Å². The molecule has 0 spiro atoms. The lowest BCUT2D eigenvalue weighted by molar-refractivity contribution is -0.0374. The lowest BCUT2D eigenvalue weighted by Gasteiger charge is -2.39. The Kier molecular flexibility index (Phi) is 5.30. The molecule has 2 aliphatic rings. The molecule has 0 radical (unpaired) electrons. The zero-order valence-electron chi connectivity index (χ0n) is 16.7. The zero-order valence-corrected chi connectivity index (χ0v) is 17.5.